The zero-order chi connectivity index (χ0) is 15.5. The number of hydrogen-bond acceptors (Lipinski definition) is 1. The Bertz CT molecular complexity index is 756. The highest BCUT2D eigenvalue weighted by Gasteiger charge is 2.07. The molecule has 0 saturated carbocycles. The normalized spacial score (nSPS) is 10.9. The van der Waals surface area contributed by atoms with Crippen molar-refractivity contribution in [3.63, 3.8) is 0 Å². The van der Waals surface area contributed by atoms with Crippen molar-refractivity contribution in [2.24, 2.45) is 0 Å². The number of aromatic nitrogens is 1. The summed E-state index contributed by atoms with van der Waals surface area (Å²) < 4.78 is 0. The molecule has 3 aromatic rings. The van der Waals surface area contributed by atoms with Gasteiger partial charge in [-0.2, -0.15) is 0 Å². The molecule has 0 atom stereocenters. The summed E-state index contributed by atoms with van der Waals surface area (Å²) in [6.07, 6.45) is 1.97. The van der Waals surface area contributed by atoms with E-state index in [-0.39, 0.29) is 0 Å². The first kappa shape index (κ1) is 14.5. The lowest BCUT2D eigenvalue weighted by Gasteiger charge is -2.11. The van der Waals surface area contributed by atoms with Crippen LogP contribution in [0, 0.1) is 6.92 Å². The van der Waals surface area contributed by atoms with Crippen molar-refractivity contribution in [1.82, 2.24) is 4.98 Å². The first-order chi connectivity index (χ1) is 10.6. The first-order valence-electron chi connectivity index (χ1n) is 7.77. The van der Waals surface area contributed by atoms with Crippen LogP contribution in [0.1, 0.15) is 30.9 Å². The summed E-state index contributed by atoms with van der Waals surface area (Å²) in [5.41, 5.74) is 7.26. The number of nitrogens with zero attached hydrogens (tertiary/aromatic N) is 1. The monoisotopic (exact) mass is 287 g/mol. The largest absolute Gasteiger partial charge is 0.256 e. The highest BCUT2D eigenvalue weighted by atomic mass is 14.7. The van der Waals surface area contributed by atoms with E-state index in [4.69, 9.17) is 0 Å². The molecular formula is C21H21N. The fourth-order valence-electron chi connectivity index (χ4n) is 2.65. The second-order valence-electron chi connectivity index (χ2n) is 6.03. The van der Waals surface area contributed by atoms with Gasteiger partial charge in [-0.05, 0) is 41.2 Å². The Kier molecular flexibility index (Phi) is 4.06. The van der Waals surface area contributed by atoms with E-state index in [1.54, 1.807) is 0 Å². The molecule has 1 nitrogen and oxygen atoms in total. The van der Waals surface area contributed by atoms with Crippen LogP contribution in [0.2, 0.25) is 0 Å². The van der Waals surface area contributed by atoms with Crippen LogP contribution in [0.5, 0.6) is 0 Å². The van der Waals surface area contributed by atoms with Gasteiger partial charge in [-0.1, -0.05) is 68.4 Å². The fourth-order valence-corrected chi connectivity index (χ4v) is 2.65. The van der Waals surface area contributed by atoms with Gasteiger partial charge < -0.3 is 0 Å². The van der Waals surface area contributed by atoms with Gasteiger partial charge in [0.25, 0.3) is 0 Å². The average molecular weight is 287 g/mol. The summed E-state index contributed by atoms with van der Waals surface area (Å²) >= 11 is 0. The maximum atomic E-state index is 4.58. The SMILES string of the molecule is Cc1cnc(-c2ccccc2)cc1-c1ccc(C(C)C)cc1. The van der Waals surface area contributed by atoms with Crippen LogP contribution in [-0.4, -0.2) is 4.98 Å². The smallest absolute Gasteiger partial charge is 0.0708 e. The van der Waals surface area contributed by atoms with E-state index in [0.717, 1.165) is 11.3 Å². The quantitative estimate of drug-likeness (QED) is 0.589. The van der Waals surface area contributed by atoms with E-state index in [1.165, 1.54) is 22.3 Å². The third kappa shape index (κ3) is 2.94. The molecule has 3 rings (SSSR count). The minimum Gasteiger partial charge on any atom is -0.256 e. The topological polar surface area (TPSA) is 12.9 Å². The Morgan fingerprint density at radius 3 is 2.14 bits per heavy atom. The predicted molar refractivity (Wildman–Crippen MR) is 93.9 cm³/mol. The molecule has 1 heterocycles. The van der Waals surface area contributed by atoms with Gasteiger partial charge in [0.2, 0.25) is 0 Å². The summed E-state index contributed by atoms with van der Waals surface area (Å²) in [5, 5.41) is 0. The van der Waals surface area contributed by atoms with E-state index in [1.807, 2.05) is 24.4 Å². The molecule has 0 aliphatic heterocycles. The van der Waals surface area contributed by atoms with Crippen LogP contribution >= 0.6 is 0 Å². The number of benzene rings is 2. The summed E-state index contributed by atoms with van der Waals surface area (Å²) in [4.78, 5) is 4.58. The van der Waals surface area contributed by atoms with Crippen molar-refractivity contribution in [1.29, 1.82) is 0 Å². The standard InChI is InChI=1S/C21H21N/c1-15(2)17-9-11-18(12-10-17)20-13-21(22-14-16(20)3)19-7-5-4-6-8-19/h4-15H,1-3H3. The molecule has 0 fully saturated rings. The summed E-state index contributed by atoms with van der Waals surface area (Å²) in [5.74, 6) is 0.562. The molecule has 0 radical (unpaired) electrons. The van der Waals surface area contributed by atoms with Gasteiger partial charge in [-0.3, -0.25) is 4.98 Å². The molecule has 110 valence electrons. The van der Waals surface area contributed by atoms with Gasteiger partial charge in [-0.15, -0.1) is 0 Å². The van der Waals surface area contributed by atoms with Crippen LogP contribution in [0.25, 0.3) is 22.4 Å². The highest BCUT2D eigenvalue weighted by molar-refractivity contribution is 5.73. The number of rotatable bonds is 3. The molecule has 1 aromatic heterocycles. The highest BCUT2D eigenvalue weighted by Crippen LogP contribution is 2.28. The molecule has 0 saturated heterocycles. The van der Waals surface area contributed by atoms with E-state index in [9.17, 15) is 0 Å². The minimum absolute atomic E-state index is 0.562. The van der Waals surface area contributed by atoms with Crippen LogP contribution in [0.15, 0.2) is 66.9 Å². The van der Waals surface area contributed by atoms with Gasteiger partial charge in [-0.25, -0.2) is 0 Å². The van der Waals surface area contributed by atoms with Gasteiger partial charge >= 0.3 is 0 Å². The summed E-state index contributed by atoms with van der Waals surface area (Å²) in [7, 11) is 0. The molecule has 1 heteroatoms. The number of hydrogen-bond donors (Lipinski definition) is 0. The Labute approximate surface area is 132 Å². The third-order valence-corrected chi connectivity index (χ3v) is 4.06. The van der Waals surface area contributed by atoms with Crippen molar-refractivity contribution in [3.8, 4) is 22.4 Å². The minimum atomic E-state index is 0.562. The van der Waals surface area contributed by atoms with Gasteiger partial charge in [0.05, 0.1) is 5.69 Å². The van der Waals surface area contributed by atoms with E-state index < -0.39 is 0 Å². The first-order valence-corrected chi connectivity index (χ1v) is 7.77. The molecule has 0 amide bonds. The molecule has 0 aliphatic rings. The Hall–Kier alpha value is -2.41. The number of pyridine rings is 1. The van der Waals surface area contributed by atoms with Crippen molar-refractivity contribution in [3.05, 3.63) is 78.0 Å². The van der Waals surface area contributed by atoms with Gasteiger partial charge in [0.1, 0.15) is 0 Å². The molecule has 0 aliphatic carbocycles. The Balaban J connectivity index is 2.03. The third-order valence-electron chi connectivity index (χ3n) is 4.06. The van der Waals surface area contributed by atoms with Gasteiger partial charge in [0.15, 0.2) is 0 Å². The zero-order valence-corrected chi connectivity index (χ0v) is 13.4. The van der Waals surface area contributed by atoms with E-state index >= 15 is 0 Å². The Morgan fingerprint density at radius 1 is 0.818 bits per heavy atom. The van der Waals surface area contributed by atoms with Gasteiger partial charge in [0, 0.05) is 11.8 Å². The summed E-state index contributed by atoms with van der Waals surface area (Å²) in [6, 6.07) is 21.4. The average Bonchev–Trinajstić information content (AvgIpc) is 2.56. The lowest BCUT2D eigenvalue weighted by Crippen LogP contribution is -1.91. The Morgan fingerprint density at radius 2 is 1.50 bits per heavy atom. The molecule has 0 unspecified atom stereocenters. The van der Waals surface area contributed by atoms with Crippen molar-refractivity contribution >= 4 is 0 Å². The maximum absolute atomic E-state index is 4.58. The molecule has 0 spiro atoms. The van der Waals surface area contributed by atoms with Crippen molar-refractivity contribution in [2.75, 3.05) is 0 Å². The van der Waals surface area contributed by atoms with Crippen LogP contribution in [-0.2, 0) is 0 Å². The van der Waals surface area contributed by atoms with E-state index in [2.05, 4.69) is 68.2 Å². The van der Waals surface area contributed by atoms with Crippen molar-refractivity contribution < 1.29 is 0 Å². The zero-order valence-electron chi connectivity index (χ0n) is 13.4. The molecular weight excluding hydrogens is 266 g/mol. The van der Waals surface area contributed by atoms with Crippen molar-refractivity contribution in [2.45, 2.75) is 26.7 Å². The lowest BCUT2D eigenvalue weighted by atomic mass is 9.96. The fraction of sp³-hybridized carbons (Fsp3) is 0.190. The second-order valence-corrected chi connectivity index (χ2v) is 6.03. The van der Waals surface area contributed by atoms with E-state index in [0.29, 0.717) is 5.92 Å². The second kappa shape index (κ2) is 6.15. The van der Waals surface area contributed by atoms with Crippen LogP contribution in [0.3, 0.4) is 0 Å². The predicted octanol–water partition coefficient (Wildman–Crippen LogP) is 5.85. The molecule has 0 bridgehead atoms. The maximum Gasteiger partial charge on any atom is 0.0708 e. The molecule has 0 N–H and O–H groups in total. The lowest BCUT2D eigenvalue weighted by molar-refractivity contribution is 0.867. The van der Waals surface area contributed by atoms with Crippen LogP contribution in [0.4, 0.5) is 0 Å². The number of aryl methyl sites for hydroxylation is 1. The summed E-state index contributed by atoms with van der Waals surface area (Å²) in [6.45, 7) is 6.56. The molecule has 2 aromatic carbocycles. The van der Waals surface area contributed by atoms with Crippen LogP contribution < -0.4 is 0 Å². The molecule has 22 heavy (non-hydrogen) atoms.